The van der Waals surface area contributed by atoms with E-state index < -0.39 is 140 Å². The van der Waals surface area contributed by atoms with Gasteiger partial charge in [-0.25, -0.2) is 0 Å². The zero-order valence-electron chi connectivity index (χ0n) is 27.8. The van der Waals surface area contributed by atoms with Gasteiger partial charge in [0.25, 0.3) is 0 Å². The maximum Gasteiger partial charge on any atom is 0.239 e. The van der Waals surface area contributed by atoms with Crippen molar-refractivity contribution in [1.29, 1.82) is 0 Å². The average Bonchev–Trinajstić information content (AvgIpc) is 3.14. The third-order valence-corrected chi connectivity index (χ3v) is 9.36. The second-order valence-corrected chi connectivity index (χ2v) is 12.9. The van der Waals surface area contributed by atoms with Crippen molar-refractivity contribution in [2.75, 3.05) is 19.8 Å². The Bertz CT molecular complexity index is 1800. The Balaban J connectivity index is 1.40. The van der Waals surface area contributed by atoms with Crippen LogP contribution in [-0.4, -0.2) is 178 Å². The van der Waals surface area contributed by atoms with Gasteiger partial charge in [-0.1, -0.05) is 0 Å². The molecular weight excluding hydrogens is 732 g/mol. The molecule has 3 aliphatic heterocycles. The van der Waals surface area contributed by atoms with Crippen LogP contribution in [0.4, 0.5) is 0 Å². The van der Waals surface area contributed by atoms with E-state index in [2.05, 4.69) is 0 Å². The van der Waals surface area contributed by atoms with E-state index in [0.717, 1.165) is 12.1 Å². The van der Waals surface area contributed by atoms with Crippen molar-refractivity contribution in [3.8, 4) is 34.3 Å². The monoisotopic (exact) mass is 772 g/mol. The third kappa shape index (κ3) is 7.45. The second-order valence-electron chi connectivity index (χ2n) is 12.9. The molecule has 2 aromatic carbocycles. The first kappa shape index (κ1) is 39.9. The molecule has 0 bridgehead atoms. The number of phenols is 3. The minimum absolute atomic E-state index is 0.101. The van der Waals surface area contributed by atoms with Crippen LogP contribution in [0.3, 0.4) is 0 Å². The first-order valence-electron chi connectivity index (χ1n) is 16.5. The lowest BCUT2D eigenvalue weighted by molar-refractivity contribution is -0.389. The van der Waals surface area contributed by atoms with Gasteiger partial charge in [0, 0.05) is 17.7 Å². The Hall–Kier alpha value is -3.75. The van der Waals surface area contributed by atoms with Crippen LogP contribution in [0, 0.1) is 0 Å². The molecule has 0 radical (unpaired) electrons. The molecule has 21 nitrogen and oxygen atoms in total. The van der Waals surface area contributed by atoms with Gasteiger partial charge in [-0.15, -0.1) is 0 Å². The highest BCUT2D eigenvalue weighted by Gasteiger charge is 2.54. The summed E-state index contributed by atoms with van der Waals surface area (Å²) in [6.45, 7) is -2.69. The molecule has 3 saturated heterocycles. The highest BCUT2D eigenvalue weighted by atomic mass is 16.8. The molecule has 13 N–H and O–H groups in total. The van der Waals surface area contributed by atoms with Gasteiger partial charge in [0.05, 0.1) is 19.8 Å². The van der Waals surface area contributed by atoms with Crippen LogP contribution in [0.25, 0.3) is 22.3 Å². The van der Waals surface area contributed by atoms with E-state index in [9.17, 15) is 71.2 Å². The van der Waals surface area contributed by atoms with Crippen molar-refractivity contribution in [2.24, 2.45) is 0 Å². The van der Waals surface area contributed by atoms with Gasteiger partial charge in [-0.3, -0.25) is 4.79 Å². The van der Waals surface area contributed by atoms with E-state index in [-0.39, 0.29) is 22.7 Å². The predicted octanol–water partition coefficient (Wildman–Crippen LogP) is -4.60. The molecule has 0 unspecified atom stereocenters. The summed E-state index contributed by atoms with van der Waals surface area (Å²) in [6.07, 6.45) is -28.3. The number of benzene rings is 2. The van der Waals surface area contributed by atoms with Crippen LogP contribution in [0.1, 0.15) is 0 Å². The zero-order chi connectivity index (χ0) is 39.2. The smallest absolute Gasteiger partial charge is 0.239 e. The highest BCUT2D eigenvalue weighted by Crippen LogP contribution is 2.39. The fourth-order valence-corrected chi connectivity index (χ4v) is 6.39. The molecule has 298 valence electrons. The summed E-state index contributed by atoms with van der Waals surface area (Å²) in [5.41, 5.74) is -1.26. The summed E-state index contributed by atoms with van der Waals surface area (Å²) in [5, 5.41) is 135. The normalized spacial score (nSPS) is 37.3. The minimum atomic E-state index is -2.08. The molecule has 0 spiro atoms. The van der Waals surface area contributed by atoms with Crippen LogP contribution in [0.2, 0.25) is 0 Å². The summed E-state index contributed by atoms with van der Waals surface area (Å²) in [5.74, 6) is -2.45. The second kappa shape index (κ2) is 16.2. The third-order valence-electron chi connectivity index (χ3n) is 9.36. The highest BCUT2D eigenvalue weighted by molar-refractivity contribution is 5.88. The predicted molar refractivity (Wildman–Crippen MR) is 173 cm³/mol. The van der Waals surface area contributed by atoms with E-state index in [1.807, 2.05) is 0 Å². The fourth-order valence-electron chi connectivity index (χ4n) is 6.39. The van der Waals surface area contributed by atoms with Crippen LogP contribution in [-0.2, 0) is 23.7 Å². The van der Waals surface area contributed by atoms with Crippen LogP contribution in [0.15, 0.2) is 45.6 Å². The summed E-state index contributed by atoms with van der Waals surface area (Å²) in [4.78, 5) is 14.0. The molecule has 3 aromatic rings. The number of hydrogen-bond acceptors (Lipinski definition) is 21. The number of fused-ring (bicyclic) bond motifs is 1. The van der Waals surface area contributed by atoms with Gasteiger partial charge in [-0.05, 0) is 24.3 Å². The van der Waals surface area contributed by atoms with E-state index >= 15 is 0 Å². The number of hydrogen-bond donors (Lipinski definition) is 13. The number of aliphatic hydroxyl groups excluding tert-OH is 10. The number of aliphatic hydroxyl groups is 10. The molecule has 0 aliphatic carbocycles. The molecule has 3 aliphatic rings. The summed E-state index contributed by atoms with van der Waals surface area (Å²) in [7, 11) is 0. The number of rotatable bonds is 10. The zero-order valence-corrected chi connectivity index (χ0v) is 27.8. The fraction of sp³-hybridized carbons (Fsp3) is 0.545. The summed E-state index contributed by atoms with van der Waals surface area (Å²) < 4.78 is 40.2. The number of aromatic hydroxyl groups is 3. The van der Waals surface area contributed by atoms with Crippen LogP contribution in [0.5, 0.6) is 23.0 Å². The van der Waals surface area contributed by atoms with Crippen LogP contribution < -0.4 is 10.2 Å². The van der Waals surface area contributed by atoms with Crippen molar-refractivity contribution in [2.45, 2.75) is 92.1 Å². The van der Waals surface area contributed by atoms with Gasteiger partial charge in [-0.2, -0.15) is 0 Å². The lowest BCUT2D eigenvalue weighted by atomic mass is 9.96. The largest absolute Gasteiger partial charge is 0.508 e. The molecule has 1 aromatic heterocycles. The van der Waals surface area contributed by atoms with Gasteiger partial charge < -0.3 is 99.2 Å². The molecule has 4 heterocycles. The molecule has 54 heavy (non-hydrogen) atoms. The first-order chi connectivity index (χ1) is 25.7. The van der Waals surface area contributed by atoms with Gasteiger partial charge in [0.15, 0.2) is 24.4 Å². The Kier molecular flexibility index (Phi) is 11.9. The van der Waals surface area contributed by atoms with Crippen molar-refractivity contribution < 1.29 is 99.2 Å². The summed E-state index contributed by atoms with van der Waals surface area (Å²) in [6, 6.07) is 6.99. The molecule has 21 heteroatoms. The van der Waals surface area contributed by atoms with Crippen LogP contribution >= 0.6 is 0 Å². The topological polar surface area (TPSA) is 349 Å². The van der Waals surface area contributed by atoms with Crippen molar-refractivity contribution in [3.05, 3.63) is 46.6 Å². The molecule has 0 saturated carbocycles. The Morgan fingerprint density at radius 2 is 1.07 bits per heavy atom. The maximum absolute atomic E-state index is 14.0. The van der Waals surface area contributed by atoms with Crippen molar-refractivity contribution >= 4 is 11.0 Å². The number of ether oxygens (including phenoxy) is 6. The van der Waals surface area contributed by atoms with E-state index in [1.165, 1.54) is 24.3 Å². The minimum Gasteiger partial charge on any atom is -0.508 e. The van der Waals surface area contributed by atoms with Gasteiger partial charge in [0.1, 0.15) is 95.4 Å². The summed E-state index contributed by atoms with van der Waals surface area (Å²) >= 11 is 0. The molecule has 0 amide bonds. The quantitative estimate of drug-likeness (QED) is 0.0922. The van der Waals surface area contributed by atoms with Crippen molar-refractivity contribution in [3.63, 3.8) is 0 Å². The lowest BCUT2D eigenvalue weighted by Crippen LogP contribution is -2.67. The standard InChI is InChI=1S/C33H40O21/c34-7-15-19(40)23(44)26(47)31(49-15)53-29-24(45)20(41)17(9-36)51-33(29)54-30-25(46)21(42)16(8-35)50-32(30)52-28-22(43)18-13(39)5-12(38)6-14(18)48-27(28)10-1-3-11(37)4-2-10/h1-6,15-17,19-21,23-26,29-42,44-47H,7-9H2/t15-,16-,17-,19-,20-,21-,23-,24-,25-,26-,29-,30-,31-,32+,33+/m0/s1. The van der Waals surface area contributed by atoms with Crippen molar-refractivity contribution in [1.82, 2.24) is 0 Å². The number of phenolic OH excluding ortho intramolecular Hbond substituents is 3. The SMILES string of the molecule is O=c1c(O[C@H]2O[C@@H](CO)[C@H](O)[C@H](O)[C@@H]2O[C@H]2O[C@@H](CO)[C@H](O)[C@H](O)[C@@H]2O[C@@H]2O[C@@H](CO)[C@H](O)[C@H](O)[C@@H]2O)c(-c2ccc(O)cc2)oc2cc(O)cc(O)c12. The molecule has 6 rings (SSSR count). The Labute approximate surface area is 303 Å². The van der Waals surface area contributed by atoms with E-state index in [1.54, 1.807) is 0 Å². The molecular formula is C33H40O21. The van der Waals surface area contributed by atoms with E-state index in [0.29, 0.717) is 0 Å². The molecule has 3 fully saturated rings. The van der Waals surface area contributed by atoms with Gasteiger partial charge >= 0.3 is 0 Å². The first-order valence-corrected chi connectivity index (χ1v) is 16.5. The maximum atomic E-state index is 14.0. The van der Waals surface area contributed by atoms with Gasteiger partial charge in [0.2, 0.25) is 17.5 Å². The average molecular weight is 773 g/mol. The lowest BCUT2D eigenvalue weighted by Gasteiger charge is -2.48. The molecule has 15 atom stereocenters. The Morgan fingerprint density at radius 1 is 0.574 bits per heavy atom. The van der Waals surface area contributed by atoms with E-state index in [4.69, 9.17) is 32.8 Å². The Morgan fingerprint density at radius 3 is 1.65 bits per heavy atom.